The van der Waals surface area contributed by atoms with E-state index >= 15 is 0 Å². The molecule has 0 saturated carbocycles. The monoisotopic (exact) mass is 376 g/mol. The van der Waals surface area contributed by atoms with Crippen molar-refractivity contribution in [3.05, 3.63) is 64.2 Å². The van der Waals surface area contributed by atoms with E-state index in [-0.39, 0.29) is 23.8 Å². The summed E-state index contributed by atoms with van der Waals surface area (Å²) in [6.45, 7) is 6.60. The van der Waals surface area contributed by atoms with E-state index in [1.54, 1.807) is 18.2 Å². The Morgan fingerprint density at radius 3 is 2.46 bits per heavy atom. The van der Waals surface area contributed by atoms with Gasteiger partial charge in [-0.1, -0.05) is 12.1 Å². The van der Waals surface area contributed by atoms with Crippen LogP contribution in [0.25, 0.3) is 0 Å². The molecule has 2 aliphatic heterocycles. The fourth-order valence-corrected chi connectivity index (χ4v) is 4.12. The second-order valence-corrected chi connectivity index (χ2v) is 7.84. The summed E-state index contributed by atoms with van der Waals surface area (Å²) in [4.78, 5) is 42.0. The molecule has 2 heterocycles. The summed E-state index contributed by atoms with van der Waals surface area (Å²) in [5.41, 5.74) is 3.57. The van der Waals surface area contributed by atoms with Crippen molar-refractivity contribution in [3.8, 4) is 0 Å². The topological polar surface area (TPSA) is 57.7 Å². The molecular formula is C23H24N2O3. The molecule has 0 spiro atoms. The first-order valence-corrected chi connectivity index (χ1v) is 9.79. The average molecular weight is 376 g/mol. The van der Waals surface area contributed by atoms with Crippen LogP contribution < -0.4 is 4.90 Å². The number of piperidine rings is 1. The number of anilines is 1. The number of fused-ring (bicyclic) bond motifs is 1. The molecular weight excluding hydrogens is 352 g/mol. The van der Waals surface area contributed by atoms with Gasteiger partial charge in [-0.2, -0.15) is 0 Å². The molecule has 2 aromatic rings. The molecule has 2 aliphatic rings. The van der Waals surface area contributed by atoms with Crippen molar-refractivity contribution >= 4 is 23.4 Å². The van der Waals surface area contributed by atoms with Crippen LogP contribution in [0, 0.1) is 13.8 Å². The highest BCUT2D eigenvalue weighted by Gasteiger charge is 2.38. The maximum absolute atomic E-state index is 13.1. The van der Waals surface area contributed by atoms with E-state index in [0.717, 1.165) is 36.9 Å². The molecule has 0 aromatic heterocycles. The highest BCUT2D eigenvalue weighted by Crippen LogP contribution is 2.32. The predicted octanol–water partition coefficient (Wildman–Crippen LogP) is 4.12. The number of benzene rings is 2. The smallest absolute Gasteiger partial charge is 0.266 e. The quantitative estimate of drug-likeness (QED) is 0.741. The average Bonchev–Trinajstić information content (AvgIpc) is 2.94. The fraction of sp³-hybridized carbons (Fsp3) is 0.348. The van der Waals surface area contributed by atoms with Gasteiger partial charge in [-0.3, -0.25) is 14.4 Å². The van der Waals surface area contributed by atoms with Gasteiger partial charge in [0, 0.05) is 18.2 Å². The Kier molecular flexibility index (Phi) is 4.53. The lowest BCUT2D eigenvalue weighted by molar-refractivity contribution is 0.0635. The maximum Gasteiger partial charge on any atom is 0.266 e. The molecule has 0 aliphatic carbocycles. The van der Waals surface area contributed by atoms with Crippen LogP contribution in [0.15, 0.2) is 36.4 Å². The third-order valence-corrected chi connectivity index (χ3v) is 5.80. The van der Waals surface area contributed by atoms with E-state index < -0.39 is 0 Å². The number of amides is 3. The second kappa shape index (κ2) is 6.89. The Morgan fingerprint density at radius 1 is 0.964 bits per heavy atom. The number of hydrogen-bond donors (Lipinski definition) is 0. The van der Waals surface area contributed by atoms with E-state index in [1.165, 1.54) is 4.90 Å². The van der Waals surface area contributed by atoms with E-state index in [2.05, 4.69) is 6.92 Å². The van der Waals surface area contributed by atoms with Crippen LogP contribution in [0.5, 0.6) is 0 Å². The molecule has 0 bridgehead atoms. The van der Waals surface area contributed by atoms with E-state index in [1.807, 2.05) is 36.9 Å². The third-order valence-electron chi connectivity index (χ3n) is 5.80. The Bertz CT molecular complexity index is 995. The normalized spacial score (nSPS) is 19.2. The largest absolute Gasteiger partial charge is 0.336 e. The number of carbonyl (C=O) groups excluding carboxylic acids is 3. The first kappa shape index (κ1) is 18.4. The molecule has 144 valence electrons. The van der Waals surface area contributed by atoms with E-state index in [9.17, 15) is 14.4 Å². The number of hydrogen-bond acceptors (Lipinski definition) is 3. The minimum Gasteiger partial charge on any atom is -0.336 e. The number of imide groups is 1. The Morgan fingerprint density at radius 2 is 1.71 bits per heavy atom. The zero-order valence-corrected chi connectivity index (χ0v) is 16.5. The molecule has 0 N–H and O–H groups in total. The lowest BCUT2D eigenvalue weighted by atomic mass is 10.0. The van der Waals surface area contributed by atoms with Crippen molar-refractivity contribution in [1.82, 2.24) is 4.90 Å². The van der Waals surface area contributed by atoms with Gasteiger partial charge in [-0.15, -0.1) is 0 Å². The van der Waals surface area contributed by atoms with Gasteiger partial charge in [0.25, 0.3) is 17.7 Å². The molecule has 3 amide bonds. The van der Waals surface area contributed by atoms with Crippen molar-refractivity contribution < 1.29 is 14.4 Å². The lowest BCUT2D eigenvalue weighted by Gasteiger charge is -2.33. The summed E-state index contributed by atoms with van der Waals surface area (Å²) < 4.78 is 0. The SMILES string of the molecule is Cc1ccc(C)c(N2C(=O)c3ccc(C(=O)N4CCCCC4C)cc3C2=O)c1. The molecule has 1 unspecified atom stereocenters. The van der Waals surface area contributed by atoms with Crippen LogP contribution in [-0.4, -0.2) is 35.2 Å². The van der Waals surface area contributed by atoms with Crippen molar-refractivity contribution in [3.63, 3.8) is 0 Å². The van der Waals surface area contributed by atoms with Gasteiger partial charge in [0.1, 0.15) is 0 Å². The van der Waals surface area contributed by atoms with Crippen LogP contribution in [0.4, 0.5) is 5.69 Å². The number of nitrogens with zero attached hydrogens (tertiary/aromatic N) is 2. The molecule has 1 atom stereocenters. The van der Waals surface area contributed by atoms with Gasteiger partial charge in [0.05, 0.1) is 16.8 Å². The van der Waals surface area contributed by atoms with Crippen molar-refractivity contribution in [1.29, 1.82) is 0 Å². The Labute approximate surface area is 164 Å². The first-order valence-electron chi connectivity index (χ1n) is 9.79. The van der Waals surface area contributed by atoms with Crippen LogP contribution >= 0.6 is 0 Å². The Hall–Kier alpha value is -2.95. The zero-order valence-electron chi connectivity index (χ0n) is 16.5. The molecule has 2 aromatic carbocycles. The molecule has 5 heteroatoms. The summed E-state index contributed by atoms with van der Waals surface area (Å²) >= 11 is 0. The van der Waals surface area contributed by atoms with E-state index in [0.29, 0.717) is 22.4 Å². The van der Waals surface area contributed by atoms with Crippen molar-refractivity contribution in [2.45, 2.75) is 46.1 Å². The van der Waals surface area contributed by atoms with Crippen molar-refractivity contribution in [2.24, 2.45) is 0 Å². The minimum absolute atomic E-state index is 0.0690. The number of carbonyl (C=O) groups is 3. The zero-order chi connectivity index (χ0) is 20.0. The van der Waals surface area contributed by atoms with Crippen LogP contribution in [0.3, 0.4) is 0 Å². The van der Waals surface area contributed by atoms with Crippen LogP contribution in [-0.2, 0) is 0 Å². The maximum atomic E-state index is 13.1. The third kappa shape index (κ3) is 2.91. The molecule has 1 saturated heterocycles. The number of rotatable bonds is 2. The van der Waals surface area contributed by atoms with Crippen LogP contribution in [0.1, 0.15) is 68.4 Å². The minimum atomic E-state index is -0.366. The molecule has 0 radical (unpaired) electrons. The van der Waals surface area contributed by atoms with Crippen molar-refractivity contribution in [2.75, 3.05) is 11.4 Å². The second-order valence-electron chi connectivity index (χ2n) is 7.84. The standard InChI is InChI=1S/C23H24N2O3/c1-14-7-8-15(2)20(12-14)25-22(27)18-10-9-17(13-19(18)23(25)28)21(26)24-11-5-4-6-16(24)3/h7-10,12-13,16H,4-6,11H2,1-3H3. The highest BCUT2D eigenvalue weighted by molar-refractivity contribution is 6.35. The summed E-state index contributed by atoms with van der Waals surface area (Å²) in [6, 6.07) is 10.8. The van der Waals surface area contributed by atoms with Gasteiger partial charge in [0.2, 0.25) is 0 Å². The van der Waals surface area contributed by atoms with Gasteiger partial charge in [-0.25, -0.2) is 4.90 Å². The summed E-state index contributed by atoms with van der Waals surface area (Å²) in [7, 11) is 0. The predicted molar refractivity (Wildman–Crippen MR) is 108 cm³/mol. The lowest BCUT2D eigenvalue weighted by Crippen LogP contribution is -2.42. The molecule has 4 rings (SSSR count). The van der Waals surface area contributed by atoms with Gasteiger partial charge >= 0.3 is 0 Å². The Balaban J connectivity index is 1.69. The first-order chi connectivity index (χ1) is 13.4. The van der Waals surface area contributed by atoms with Crippen LogP contribution in [0.2, 0.25) is 0 Å². The van der Waals surface area contributed by atoms with Gasteiger partial charge in [0.15, 0.2) is 0 Å². The van der Waals surface area contributed by atoms with E-state index in [4.69, 9.17) is 0 Å². The number of aryl methyl sites for hydroxylation is 2. The molecule has 5 nitrogen and oxygen atoms in total. The highest BCUT2D eigenvalue weighted by atomic mass is 16.2. The summed E-state index contributed by atoms with van der Waals surface area (Å²) in [5, 5.41) is 0. The summed E-state index contributed by atoms with van der Waals surface area (Å²) in [6.07, 6.45) is 3.13. The van der Waals surface area contributed by atoms with Gasteiger partial charge in [-0.05, 0) is 75.4 Å². The summed E-state index contributed by atoms with van der Waals surface area (Å²) in [5.74, 6) is -0.769. The number of likely N-dealkylation sites (tertiary alicyclic amines) is 1. The fourth-order valence-electron chi connectivity index (χ4n) is 4.12. The van der Waals surface area contributed by atoms with Gasteiger partial charge < -0.3 is 4.90 Å². The molecule has 1 fully saturated rings. The molecule has 28 heavy (non-hydrogen) atoms.